The first-order chi connectivity index (χ1) is 6.74. The Bertz CT molecular complexity index is 433. The number of nitrogens with zero attached hydrogens (tertiary/aromatic N) is 2. The number of rotatable bonds is 2. The SMILES string of the molecule is Cc1nc(Cc2cccc(N)c2)n[nH]1. The van der Waals surface area contributed by atoms with Crippen molar-refractivity contribution in [2.75, 3.05) is 5.73 Å². The van der Waals surface area contributed by atoms with E-state index in [9.17, 15) is 0 Å². The minimum Gasteiger partial charge on any atom is -0.399 e. The number of hydrogen-bond donors (Lipinski definition) is 2. The van der Waals surface area contributed by atoms with E-state index in [0.717, 1.165) is 29.3 Å². The van der Waals surface area contributed by atoms with E-state index in [-0.39, 0.29) is 0 Å². The van der Waals surface area contributed by atoms with Crippen LogP contribution in [-0.2, 0) is 6.42 Å². The Morgan fingerprint density at radius 3 is 2.93 bits per heavy atom. The lowest BCUT2D eigenvalue weighted by Gasteiger charge is -1.98. The van der Waals surface area contributed by atoms with Gasteiger partial charge in [0.05, 0.1) is 0 Å². The van der Waals surface area contributed by atoms with E-state index in [1.165, 1.54) is 0 Å². The number of benzene rings is 1. The zero-order valence-corrected chi connectivity index (χ0v) is 7.99. The molecule has 0 unspecified atom stereocenters. The van der Waals surface area contributed by atoms with Crippen molar-refractivity contribution >= 4 is 5.69 Å². The maximum atomic E-state index is 5.67. The fourth-order valence-corrected chi connectivity index (χ4v) is 1.35. The molecule has 3 N–H and O–H groups in total. The number of aromatic nitrogens is 3. The van der Waals surface area contributed by atoms with Crippen LogP contribution in [0.3, 0.4) is 0 Å². The largest absolute Gasteiger partial charge is 0.399 e. The number of H-pyrrole nitrogens is 1. The average Bonchev–Trinajstić information content (AvgIpc) is 2.51. The third-order valence-corrected chi connectivity index (χ3v) is 1.96. The molecule has 1 aromatic carbocycles. The Morgan fingerprint density at radius 2 is 2.29 bits per heavy atom. The molecule has 0 atom stereocenters. The molecular formula is C10H12N4. The molecule has 0 saturated carbocycles. The molecular weight excluding hydrogens is 176 g/mol. The first kappa shape index (κ1) is 8.74. The first-order valence-corrected chi connectivity index (χ1v) is 4.46. The quantitative estimate of drug-likeness (QED) is 0.698. The van der Waals surface area contributed by atoms with Gasteiger partial charge in [-0.3, -0.25) is 5.10 Å². The van der Waals surface area contributed by atoms with Gasteiger partial charge in [-0.1, -0.05) is 12.1 Å². The molecule has 0 radical (unpaired) electrons. The van der Waals surface area contributed by atoms with Crippen molar-refractivity contribution in [1.82, 2.24) is 15.2 Å². The molecule has 0 amide bonds. The monoisotopic (exact) mass is 188 g/mol. The average molecular weight is 188 g/mol. The molecule has 4 nitrogen and oxygen atoms in total. The van der Waals surface area contributed by atoms with Gasteiger partial charge in [0, 0.05) is 12.1 Å². The zero-order valence-electron chi connectivity index (χ0n) is 7.99. The smallest absolute Gasteiger partial charge is 0.155 e. The Labute approximate surface area is 82.2 Å². The molecule has 4 heteroatoms. The second-order valence-electron chi connectivity index (χ2n) is 3.26. The number of nitrogens with two attached hydrogens (primary N) is 1. The third-order valence-electron chi connectivity index (χ3n) is 1.96. The highest BCUT2D eigenvalue weighted by Crippen LogP contribution is 2.09. The molecule has 72 valence electrons. The van der Waals surface area contributed by atoms with E-state index in [1.54, 1.807) is 0 Å². The number of hydrogen-bond acceptors (Lipinski definition) is 3. The Balaban J connectivity index is 2.18. The summed E-state index contributed by atoms with van der Waals surface area (Å²) in [6, 6.07) is 7.75. The van der Waals surface area contributed by atoms with Crippen LogP contribution in [0.4, 0.5) is 5.69 Å². The molecule has 0 spiro atoms. The van der Waals surface area contributed by atoms with Crippen molar-refractivity contribution in [3.8, 4) is 0 Å². The molecule has 1 heterocycles. The van der Waals surface area contributed by atoms with Crippen molar-refractivity contribution in [2.45, 2.75) is 13.3 Å². The summed E-state index contributed by atoms with van der Waals surface area (Å²) in [6.07, 6.45) is 0.718. The lowest BCUT2D eigenvalue weighted by molar-refractivity contribution is 0.970. The summed E-state index contributed by atoms with van der Waals surface area (Å²) in [5, 5.41) is 6.87. The summed E-state index contributed by atoms with van der Waals surface area (Å²) in [4.78, 5) is 4.23. The van der Waals surface area contributed by atoms with E-state index < -0.39 is 0 Å². The van der Waals surface area contributed by atoms with Crippen LogP contribution in [0.1, 0.15) is 17.2 Å². The molecule has 0 bridgehead atoms. The topological polar surface area (TPSA) is 67.6 Å². The Morgan fingerprint density at radius 1 is 1.43 bits per heavy atom. The highest BCUT2D eigenvalue weighted by molar-refractivity contribution is 5.41. The van der Waals surface area contributed by atoms with E-state index >= 15 is 0 Å². The number of aromatic amines is 1. The van der Waals surface area contributed by atoms with E-state index in [0.29, 0.717) is 0 Å². The highest BCUT2D eigenvalue weighted by atomic mass is 15.2. The molecule has 0 saturated heterocycles. The second-order valence-corrected chi connectivity index (χ2v) is 3.26. The number of anilines is 1. The van der Waals surface area contributed by atoms with Crippen molar-refractivity contribution in [2.24, 2.45) is 0 Å². The van der Waals surface area contributed by atoms with Gasteiger partial charge in [0.2, 0.25) is 0 Å². The van der Waals surface area contributed by atoms with Crippen molar-refractivity contribution < 1.29 is 0 Å². The Kier molecular flexibility index (Phi) is 2.18. The number of aryl methyl sites for hydroxylation is 1. The fraction of sp³-hybridized carbons (Fsp3) is 0.200. The van der Waals surface area contributed by atoms with Gasteiger partial charge in [-0.05, 0) is 24.6 Å². The van der Waals surface area contributed by atoms with Crippen molar-refractivity contribution in [1.29, 1.82) is 0 Å². The van der Waals surface area contributed by atoms with Crippen LogP contribution in [0, 0.1) is 6.92 Å². The van der Waals surface area contributed by atoms with Crippen LogP contribution in [0.15, 0.2) is 24.3 Å². The van der Waals surface area contributed by atoms with Crippen LogP contribution in [0.25, 0.3) is 0 Å². The molecule has 14 heavy (non-hydrogen) atoms. The van der Waals surface area contributed by atoms with Crippen LogP contribution >= 0.6 is 0 Å². The van der Waals surface area contributed by atoms with Gasteiger partial charge in [0.25, 0.3) is 0 Å². The van der Waals surface area contributed by atoms with Crippen LogP contribution in [0.2, 0.25) is 0 Å². The van der Waals surface area contributed by atoms with Gasteiger partial charge < -0.3 is 5.73 Å². The molecule has 1 aromatic heterocycles. The zero-order chi connectivity index (χ0) is 9.97. The lowest BCUT2D eigenvalue weighted by Crippen LogP contribution is -1.92. The van der Waals surface area contributed by atoms with Crippen LogP contribution in [-0.4, -0.2) is 15.2 Å². The number of nitrogens with one attached hydrogen (secondary N) is 1. The minimum absolute atomic E-state index is 0.718. The van der Waals surface area contributed by atoms with E-state index in [2.05, 4.69) is 15.2 Å². The predicted molar refractivity (Wildman–Crippen MR) is 54.8 cm³/mol. The normalized spacial score (nSPS) is 10.4. The summed E-state index contributed by atoms with van der Waals surface area (Å²) < 4.78 is 0. The van der Waals surface area contributed by atoms with Gasteiger partial charge in [0.15, 0.2) is 5.82 Å². The first-order valence-electron chi connectivity index (χ1n) is 4.46. The van der Waals surface area contributed by atoms with Crippen LogP contribution < -0.4 is 5.73 Å². The summed E-state index contributed by atoms with van der Waals surface area (Å²) in [7, 11) is 0. The maximum Gasteiger partial charge on any atom is 0.155 e. The van der Waals surface area contributed by atoms with E-state index in [4.69, 9.17) is 5.73 Å². The molecule has 2 aromatic rings. The molecule has 0 aliphatic rings. The highest BCUT2D eigenvalue weighted by Gasteiger charge is 2.01. The van der Waals surface area contributed by atoms with Gasteiger partial charge in [-0.25, -0.2) is 4.98 Å². The second kappa shape index (κ2) is 3.49. The van der Waals surface area contributed by atoms with Crippen molar-refractivity contribution in [3.05, 3.63) is 41.5 Å². The van der Waals surface area contributed by atoms with Crippen LogP contribution in [0.5, 0.6) is 0 Å². The van der Waals surface area contributed by atoms with Crippen molar-refractivity contribution in [3.63, 3.8) is 0 Å². The van der Waals surface area contributed by atoms with Gasteiger partial charge in [-0.2, -0.15) is 5.10 Å². The van der Waals surface area contributed by atoms with Gasteiger partial charge in [0.1, 0.15) is 5.82 Å². The summed E-state index contributed by atoms with van der Waals surface area (Å²) in [6.45, 7) is 1.88. The van der Waals surface area contributed by atoms with Gasteiger partial charge in [-0.15, -0.1) is 0 Å². The predicted octanol–water partition coefficient (Wildman–Crippen LogP) is 1.29. The molecule has 0 fully saturated rings. The van der Waals surface area contributed by atoms with E-state index in [1.807, 2.05) is 31.2 Å². The standard InChI is InChI=1S/C10H12N4/c1-7-12-10(14-13-7)6-8-3-2-4-9(11)5-8/h2-5H,6,11H2,1H3,(H,12,13,14). The molecule has 2 rings (SSSR count). The summed E-state index contributed by atoms with van der Waals surface area (Å²) in [5.74, 6) is 1.64. The minimum atomic E-state index is 0.718. The maximum absolute atomic E-state index is 5.67. The molecule has 0 aliphatic heterocycles. The van der Waals surface area contributed by atoms with Gasteiger partial charge >= 0.3 is 0 Å². The Hall–Kier alpha value is -1.84. The number of nitrogen functional groups attached to an aromatic ring is 1. The lowest BCUT2D eigenvalue weighted by atomic mass is 10.1. The molecule has 0 aliphatic carbocycles. The summed E-state index contributed by atoms with van der Waals surface area (Å²) in [5.41, 5.74) is 7.57. The summed E-state index contributed by atoms with van der Waals surface area (Å²) >= 11 is 0. The fourth-order valence-electron chi connectivity index (χ4n) is 1.35. The third kappa shape index (κ3) is 1.90.